The van der Waals surface area contributed by atoms with Crippen molar-refractivity contribution in [3.8, 4) is 6.07 Å². The molecule has 4 rings (SSSR count). The largest absolute Gasteiger partial charge is 0.444 e. The molecule has 3 aliphatic heterocycles. The summed E-state index contributed by atoms with van der Waals surface area (Å²) in [4.78, 5) is 44.5. The average molecular weight is 500 g/mol. The number of nitrogens with zero attached hydrogens (tertiary/aromatic N) is 4. The van der Waals surface area contributed by atoms with E-state index >= 15 is 0 Å². The summed E-state index contributed by atoms with van der Waals surface area (Å²) in [6, 6.07) is 6.15. The summed E-state index contributed by atoms with van der Waals surface area (Å²) in [5, 5.41) is 12.1. The van der Waals surface area contributed by atoms with Crippen LogP contribution in [0.5, 0.6) is 0 Å². The van der Waals surface area contributed by atoms with E-state index < -0.39 is 35.9 Å². The van der Waals surface area contributed by atoms with E-state index in [9.17, 15) is 24.0 Å². The number of nitriles is 1. The summed E-state index contributed by atoms with van der Waals surface area (Å²) >= 11 is 0. The van der Waals surface area contributed by atoms with Gasteiger partial charge in [0.15, 0.2) is 0 Å². The van der Waals surface area contributed by atoms with Crippen molar-refractivity contribution < 1.29 is 23.5 Å². The fourth-order valence-corrected chi connectivity index (χ4v) is 5.60. The summed E-state index contributed by atoms with van der Waals surface area (Å²) in [5.74, 6) is -0.805. The monoisotopic (exact) mass is 499 g/mol. The van der Waals surface area contributed by atoms with Crippen molar-refractivity contribution in [2.45, 2.75) is 82.8 Å². The molecule has 5 atom stereocenters. The van der Waals surface area contributed by atoms with E-state index in [-0.39, 0.29) is 30.2 Å². The summed E-state index contributed by atoms with van der Waals surface area (Å²) in [5.41, 5.74) is -0.270. The van der Waals surface area contributed by atoms with E-state index in [0.29, 0.717) is 31.5 Å². The van der Waals surface area contributed by atoms with E-state index in [1.54, 1.807) is 43.9 Å². The molecule has 0 saturated carbocycles. The lowest BCUT2D eigenvalue weighted by Crippen LogP contribution is -2.59. The Labute approximate surface area is 211 Å². The van der Waals surface area contributed by atoms with Crippen molar-refractivity contribution in [2.24, 2.45) is 0 Å². The van der Waals surface area contributed by atoms with Crippen LogP contribution in [0, 0.1) is 17.1 Å². The number of hydrogen-bond donors (Lipinski definition) is 1. The van der Waals surface area contributed by atoms with Crippen molar-refractivity contribution in [1.82, 2.24) is 20.0 Å². The van der Waals surface area contributed by atoms with Gasteiger partial charge in [-0.2, -0.15) is 5.26 Å². The van der Waals surface area contributed by atoms with Crippen LogP contribution in [0.3, 0.4) is 0 Å². The first-order chi connectivity index (χ1) is 17.0. The molecule has 1 aromatic carbocycles. The second-order valence-electron chi connectivity index (χ2n) is 10.8. The molecule has 1 unspecified atom stereocenters. The van der Waals surface area contributed by atoms with Gasteiger partial charge in [0.05, 0.1) is 18.2 Å². The summed E-state index contributed by atoms with van der Waals surface area (Å²) in [6.07, 6.45) is 1.17. The molecule has 3 heterocycles. The molecule has 3 saturated heterocycles. The number of likely N-dealkylation sites (tertiary alicyclic amines) is 3. The quantitative estimate of drug-likeness (QED) is 0.645. The molecule has 0 spiro atoms. The Hall–Kier alpha value is -3.19. The van der Waals surface area contributed by atoms with Crippen LogP contribution >= 0.6 is 0 Å². The Morgan fingerprint density at radius 3 is 2.67 bits per heavy atom. The highest BCUT2D eigenvalue weighted by Crippen LogP contribution is 2.38. The second kappa shape index (κ2) is 10.1. The molecule has 36 heavy (non-hydrogen) atoms. The first-order valence-corrected chi connectivity index (χ1v) is 12.5. The second-order valence-corrected chi connectivity index (χ2v) is 10.8. The van der Waals surface area contributed by atoms with Gasteiger partial charge in [-0.1, -0.05) is 18.2 Å². The van der Waals surface area contributed by atoms with Gasteiger partial charge in [0.2, 0.25) is 11.8 Å². The van der Waals surface area contributed by atoms with Crippen LogP contribution in [-0.4, -0.2) is 82.0 Å². The van der Waals surface area contributed by atoms with Crippen molar-refractivity contribution >= 4 is 17.9 Å². The maximum atomic E-state index is 14.4. The zero-order valence-corrected chi connectivity index (χ0v) is 21.2. The Balaban J connectivity index is 1.49. The first-order valence-electron chi connectivity index (χ1n) is 12.5. The van der Waals surface area contributed by atoms with E-state index in [4.69, 9.17) is 4.74 Å². The van der Waals surface area contributed by atoms with E-state index in [0.717, 1.165) is 6.42 Å². The number of carbonyl (C=O) groups excluding carboxylic acids is 3. The Kier molecular flexibility index (Phi) is 7.23. The number of nitrogens with one attached hydrogen (secondary N) is 1. The third kappa shape index (κ3) is 5.16. The van der Waals surface area contributed by atoms with Crippen LogP contribution in [0.2, 0.25) is 0 Å². The number of carbonyl (C=O) groups is 3. The lowest BCUT2D eigenvalue weighted by molar-refractivity contribution is -0.141. The fourth-order valence-electron chi connectivity index (χ4n) is 5.60. The SMILES string of the molecule is C[C@H](c1ccccc1F)N1C(=O)[C@H]2CC1CN2C[C@H](NC(=O)OC(C)(C)C)C(=O)N1CCC[C@H]1C#N. The number of alkyl carbamates (subject to hydrolysis) is 1. The number of piperazine rings is 1. The number of hydrogen-bond acceptors (Lipinski definition) is 6. The highest BCUT2D eigenvalue weighted by atomic mass is 19.1. The lowest BCUT2D eigenvalue weighted by Gasteiger charge is -2.39. The summed E-state index contributed by atoms with van der Waals surface area (Å²) < 4.78 is 19.8. The molecule has 3 fully saturated rings. The molecule has 9 nitrogen and oxygen atoms in total. The minimum absolute atomic E-state index is 0.110. The van der Waals surface area contributed by atoms with Crippen molar-refractivity contribution in [2.75, 3.05) is 19.6 Å². The Bertz CT molecular complexity index is 1070. The Morgan fingerprint density at radius 2 is 2.03 bits per heavy atom. The minimum atomic E-state index is -0.960. The fraction of sp³-hybridized carbons (Fsp3) is 0.615. The lowest BCUT2D eigenvalue weighted by atomic mass is 10.0. The molecule has 194 valence electrons. The van der Waals surface area contributed by atoms with Crippen LogP contribution in [0.25, 0.3) is 0 Å². The molecular weight excluding hydrogens is 465 g/mol. The number of rotatable bonds is 6. The zero-order valence-electron chi connectivity index (χ0n) is 21.2. The standard InChI is InChI=1S/C26H34FN5O4/c1-16(19-9-5-6-10-20(19)27)32-18-12-22(24(32)34)30(14-18)15-21(29-25(35)36-26(2,3)4)23(33)31-11-7-8-17(31)13-28/h5-6,9-10,16-18,21-22H,7-8,11-12,14-15H2,1-4H3,(H,29,35)/t16-,17+,18?,21+,22-/m1/s1. The highest BCUT2D eigenvalue weighted by molar-refractivity contribution is 5.88. The predicted octanol–water partition coefficient (Wildman–Crippen LogP) is 2.58. The van der Waals surface area contributed by atoms with Crippen LogP contribution in [0.1, 0.15) is 58.6 Å². The number of halogens is 1. The smallest absolute Gasteiger partial charge is 0.408 e. The van der Waals surface area contributed by atoms with Gasteiger partial charge in [-0.05, 0) is 53.0 Å². The number of fused-ring (bicyclic) bond motifs is 2. The molecular formula is C26H34FN5O4. The molecule has 3 amide bonds. The highest BCUT2D eigenvalue weighted by Gasteiger charge is 2.52. The molecule has 0 aliphatic carbocycles. The summed E-state index contributed by atoms with van der Waals surface area (Å²) in [6.45, 7) is 8.12. The van der Waals surface area contributed by atoms with Gasteiger partial charge in [-0.3, -0.25) is 14.5 Å². The number of benzene rings is 1. The summed E-state index contributed by atoms with van der Waals surface area (Å²) in [7, 11) is 0. The molecule has 1 N–H and O–H groups in total. The third-order valence-electron chi connectivity index (χ3n) is 7.18. The van der Waals surface area contributed by atoms with Crippen LogP contribution in [0.15, 0.2) is 24.3 Å². The van der Waals surface area contributed by atoms with Crippen LogP contribution in [0.4, 0.5) is 9.18 Å². The number of ether oxygens (including phenoxy) is 1. The molecule has 2 bridgehead atoms. The van der Waals surface area contributed by atoms with Crippen molar-refractivity contribution in [1.29, 1.82) is 5.26 Å². The van der Waals surface area contributed by atoms with Gasteiger partial charge < -0.3 is 19.9 Å². The molecule has 10 heteroatoms. The van der Waals surface area contributed by atoms with Gasteiger partial charge in [0.1, 0.15) is 23.5 Å². The predicted molar refractivity (Wildman–Crippen MR) is 129 cm³/mol. The molecule has 1 aromatic rings. The van der Waals surface area contributed by atoms with Gasteiger partial charge in [-0.25, -0.2) is 9.18 Å². The normalized spacial score (nSPS) is 25.6. The van der Waals surface area contributed by atoms with Crippen LogP contribution < -0.4 is 5.32 Å². The maximum Gasteiger partial charge on any atom is 0.408 e. The van der Waals surface area contributed by atoms with Crippen LogP contribution in [-0.2, 0) is 14.3 Å². The minimum Gasteiger partial charge on any atom is -0.444 e. The van der Waals surface area contributed by atoms with E-state index in [1.165, 1.54) is 11.0 Å². The molecule has 3 aliphatic rings. The maximum absolute atomic E-state index is 14.4. The van der Waals surface area contributed by atoms with Gasteiger partial charge in [-0.15, -0.1) is 0 Å². The molecule has 0 aromatic heterocycles. The van der Waals surface area contributed by atoms with Crippen molar-refractivity contribution in [3.63, 3.8) is 0 Å². The topological polar surface area (TPSA) is 106 Å². The van der Waals surface area contributed by atoms with Gasteiger partial charge in [0.25, 0.3) is 0 Å². The number of amides is 3. The van der Waals surface area contributed by atoms with Gasteiger partial charge in [0, 0.05) is 31.2 Å². The zero-order chi connectivity index (χ0) is 26.2. The van der Waals surface area contributed by atoms with E-state index in [2.05, 4.69) is 11.4 Å². The first kappa shape index (κ1) is 25.9. The molecule has 0 radical (unpaired) electrons. The van der Waals surface area contributed by atoms with Crippen molar-refractivity contribution in [3.05, 3.63) is 35.6 Å². The van der Waals surface area contributed by atoms with Gasteiger partial charge >= 0.3 is 6.09 Å². The average Bonchev–Trinajstić information content (AvgIpc) is 3.51. The third-order valence-corrected chi connectivity index (χ3v) is 7.18. The van der Waals surface area contributed by atoms with E-state index in [1.807, 2.05) is 11.8 Å². The Morgan fingerprint density at radius 1 is 1.31 bits per heavy atom.